The number of hydrogen-bond acceptors (Lipinski definition) is 7. The first kappa shape index (κ1) is 33.0. The second-order valence-electron chi connectivity index (χ2n) is 12.4. The van der Waals surface area contributed by atoms with Gasteiger partial charge in [-0.1, -0.05) is 32.0 Å². The van der Waals surface area contributed by atoms with E-state index in [1.54, 1.807) is 6.92 Å². The molecule has 4 rings (SSSR count). The molecule has 3 heterocycles. The number of fused-ring (bicyclic) bond motifs is 1. The van der Waals surface area contributed by atoms with Gasteiger partial charge in [0.15, 0.2) is 0 Å². The van der Waals surface area contributed by atoms with Crippen LogP contribution in [0.1, 0.15) is 75.1 Å². The van der Waals surface area contributed by atoms with Crippen LogP contribution in [-0.2, 0) is 32.6 Å². The van der Waals surface area contributed by atoms with E-state index in [1.807, 2.05) is 47.1 Å². The molecule has 1 aromatic carbocycles. The average molecular weight is 613 g/mol. The van der Waals surface area contributed by atoms with E-state index in [1.165, 1.54) is 10.6 Å². The Morgan fingerprint density at radius 2 is 1.72 bits per heavy atom. The van der Waals surface area contributed by atoms with Crippen LogP contribution in [-0.4, -0.2) is 96.4 Å². The van der Waals surface area contributed by atoms with Crippen molar-refractivity contribution in [2.75, 3.05) is 57.0 Å². The number of rotatable bonds is 7. The van der Waals surface area contributed by atoms with Gasteiger partial charge in [-0.05, 0) is 62.8 Å². The van der Waals surface area contributed by atoms with Crippen LogP contribution in [0.3, 0.4) is 0 Å². The van der Waals surface area contributed by atoms with Crippen LogP contribution < -0.4 is 4.90 Å². The van der Waals surface area contributed by atoms with Gasteiger partial charge in [-0.15, -0.1) is 0 Å². The standard InChI is InChI=1S/C32H48N6O4S/c1-24(2)22-35-15-8-16-38(26(4)39)31-10-7-6-9-28(31)23-36(20-19-35)32(40)12-11-29-21-30(34-25(3)33-29)27-13-17-37(18-14-27)43(5,41)42/h6-7,9-10,21,24,27H,8,11-20,22-23H2,1-5H3. The van der Waals surface area contributed by atoms with Crippen LogP contribution in [0.15, 0.2) is 30.3 Å². The lowest BCUT2D eigenvalue weighted by atomic mass is 9.93. The van der Waals surface area contributed by atoms with Gasteiger partial charge in [0.25, 0.3) is 0 Å². The highest BCUT2D eigenvalue weighted by Crippen LogP contribution is 2.29. The summed E-state index contributed by atoms with van der Waals surface area (Å²) in [6, 6.07) is 9.92. The molecular weight excluding hydrogens is 564 g/mol. The smallest absolute Gasteiger partial charge is 0.223 e. The number of sulfonamides is 1. The van der Waals surface area contributed by atoms with Crippen LogP contribution in [0.5, 0.6) is 0 Å². The monoisotopic (exact) mass is 612 g/mol. The number of amides is 2. The Hall–Kier alpha value is -2.89. The molecule has 2 amide bonds. The minimum Gasteiger partial charge on any atom is -0.337 e. The number of para-hydroxylation sites is 1. The number of benzene rings is 1. The van der Waals surface area contributed by atoms with E-state index >= 15 is 0 Å². The van der Waals surface area contributed by atoms with Crippen molar-refractivity contribution in [1.29, 1.82) is 0 Å². The Kier molecular flexibility index (Phi) is 11.3. The number of aromatic nitrogens is 2. The van der Waals surface area contributed by atoms with Gasteiger partial charge in [0.1, 0.15) is 5.82 Å². The van der Waals surface area contributed by atoms with Crippen LogP contribution in [0.25, 0.3) is 0 Å². The Labute approximate surface area is 257 Å². The zero-order valence-corrected chi connectivity index (χ0v) is 27.3. The summed E-state index contributed by atoms with van der Waals surface area (Å²) in [6.07, 6.45) is 4.40. The number of hydrogen-bond donors (Lipinski definition) is 0. The summed E-state index contributed by atoms with van der Waals surface area (Å²) in [4.78, 5) is 42.0. The minimum absolute atomic E-state index is 0.0110. The molecule has 43 heavy (non-hydrogen) atoms. The van der Waals surface area contributed by atoms with E-state index in [0.29, 0.717) is 57.3 Å². The van der Waals surface area contributed by atoms with Crippen LogP contribution >= 0.6 is 0 Å². The maximum Gasteiger partial charge on any atom is 0.223 e. The summed E-state index contributed by atoms with van der Waals surface area (Å²) in [5, 5.41) is 0. The fraction of sp³-hybridized carbons (Fsp3) is 0.625. The molecule has 1 saturated heterocycles. The molecular formula is C32H48N6O4S. The Bertz CT molecular complexity index is 1370. The van der Waals surface area contributed by atoms with Crippen molar-refractivity contribution < 1.29 is 18.0 Å². The summed E-state index contributed by atoms with van der Waals surface area (Å²) in [6.45, 7) is 13.2. The van der Waals surface area contributed by atoms with Gasteiger partial charge in [0.2, 0.25) is 21.8 Å². The first-order chi connectivity index (χ1) is 20.4. The summed E-state index contributed by atoms with van der Waals surface area (Å²) < 4.78 is 25.4. The zero-order chi connectivity index (χ0) is 31.1. The third kappa shape index (κ3) is 9.30. The topological polar surface area (TPSA) is 107 Å². The number of nitrogens with zero attached hydrogens (tertiary/aromatic N) is 6. The van der Waals surface area contributed by atoms with Gasteiger partial charge < -0.3 is 14.7 Å². The van der Waals surface area contributed by atoms with Crippen LogP contribution in [0.2, 0.25) is 0 Å². The highest BCUT2D eigenvalue weighted by atomic mass is 32.2. The fourth-order valence-electron chi connectivity index (χ4n) is 6.25. The lowest BCUT2D eigenvalue weighted by Crippen LogP contribution is -2.40. The molecule has 2 aliphatic heterocycles. The van der Waals surface area contributed by atoms with Gasteiger partial charge in [-0.2, -0.15) is 0 Å². The first-order valence-electron chi connectivity index (χ1n) is 15.6. The summed E-state index contributed by atoms with van der Waals surface area (Å²) in [5.74, 6) is 1.42. The zero-order valence-electron chi connectivity index (χ0n) is 26.5. The third-order valence-corrected chi connectivity index (χ3v) is 9.69. The van der Waals surface area contributed by atoms with Gasteiger partial charge in [0.05, 0.1) is 6.26 Å². The summed E-state index contributed by atoms with van der Waals surface area (Å²) in [7, 11) is -3.19. The van der Waals surface area contributed by atoms with E-state index in [-0.39, 0.29) is 17.7 Å². The molecule has 0 bridgehead atoms. The van der Waals surface area contributed by atoms with E-state index in [9.17, 15) is 18.0 Å². The Balaban J connectivity index is 1.50. The molecule has 0 atom stereocenters. The molecule has 2 aromatic rings. The van der Waals surface area contributed by atoms with E-state index < -0.39 is 10.0 Å². The predicted octanol–water partition coefficient (Wildman–Crippen LogP) is 3.60. The second kappa shape index (κ2) is 14.7. The Morgan fingerprint density at radius 1 is 1.00 bits per heavy atom. The number of anilines is 1. The number of carbonyl (C=O) groups excluding carboxylic acids is 2. The molecule has 0 N–H and O–H groups in total. The molecule has 1 fully saturated rings. The maximum atomic E-state index is 13.8. The summed E-state index contributed by atoms with van der Waals surface area (Å²) >= 11 is 0. The maximum absolute atomic E-state index is 13.8. The quantitative estimate of drug-likeness (QED) is 0.470. The van der Waals surface area contributed by atoms with Crippen molar-refractivity contribution in [2.45, 2.75) is 72.3 Å². The third-order valence-electron chi connectivity index (χ3n) is 8.39. The Morgan fingerprint density at radius 3 is 2.40 bits per heavy atom. The van der Waals surface area contributed by atoms with E-state index in [2.05, 4.69) is 28.7 Å². The van der Waals surface area contributed by atoms with Gasteiger partial charge >= 0.3 is 0 Å². The van der Waals surface area contributed by atoms with E-state index in [0.717, 1.165) is 61.5 Å². The average Bonchev–Trinajstić information content (AvgIpc) is 2.98. The molecule has 11 heteroatoms. The first-order valence-corrected chi connectivity index (χ1v) is 17.4. The fourth-order valence-corrected chi connectivity index (χ4v) is 7.12. The highest BCUT2D eigenvalue weighted by molar-refractivity contribution is 7.88. The molecule has 236 valence electrons. The largest absolute Gasteiger partial charge is 0.337 e. The molecule has 0 radical (unpaired) electrons. The van der Waals surface area contributed by atoms with Crippen LogP contribution in [0.4, 0.5) is 5.69 Å². The lowest BCUT2D eigenvalue weighted by molar-refractivity contribution is -0.132. The second-order valence-corrected chi connectivity index (χ2v) is 14.4. The van der Waals surface area contributed by atoms with Crippen molar-refractivity contribution in [3.63, 3.8) is 0 Å². The van der Waals surface area contributed by atoms with Crippen LogP contribution in [0, 0.1) is 12.8 Å². The highest BCUT2D eigenvalue weighted by Gasteiger charge is 2.27. The van der Waals surface area contributed by atoms with Gasteiger partial charge in [-0.25, -0.2) is 22.7 Å². The molecule has 1 aromatic heterocycles. The number of carbonyl (C=O) groups is 2. The van der Waals surface area contributed by atoms with Crippen molar-refractivity contribution in [3.8, 4) is 0 Å². The summed E-state index contributed by atoms with van der Waals surface area (Å²) in [5.41, 5.74) is 3.62. The van der Waals surface area contributed by atoms with E-state index in [4.69, 9.17) is 0 Å². The van der Waals surface area contributed by atoms with Crippen molar-refractivity contribution >= 4 is 27.5 Å². The van der Waals surface area contributed by atoms with Gasteiger partial charge in [-0.3, -0.25) is 9.59 Å². The predicted molar refractivity (Wildman–Crippen MR) is 169 cm³/mol. The normalized spacial score (nSPS) is 18.4. The molecule has 0 aliphatic carbocycles. The number of aryl methyl sites for hydroxylation is 2. The van der Waals surface area contributed by atoms with Crippen molar-refractivity contribution in [1.82, 2.24) is 24.1 Å². The molecule has 0 spiro atoms. The molecule has 10 nitrogen and oxygen atoms in total. The van der Waals surface area contributed by atoms with Crippen molar-refractivity contribution in [3.05, 3.63) is 53.1 Å². The SMILES string of the molecule is CC(=O)N1CCCN(CC(C)C)CCN(C(=O)CCc2cc(C3CCN(S(C)(=O)=O)CC3)nc(C)n2)Cc2ccccc21. The molecule has 0 saturated carbocycles. The minimum atomic E-state index is -3.19. The molecule has 0 unspecified atom stereocenters. The molecule has 2 aliphatic rings. The van der Waals surface area contributed by atoms with Crippen molar-refractivity contribution in [2.24, 2.45) is 5.92 Å². The van der Waals surface area contributed by atoms with Gasteiger partial charge in [0, 0.05) is 82.2 Å². The lowest BCUT2D eigenvalue weighted by Gasteiger charge is -2.30. The number of piperidine rings is 1.